The summed E-state index contributed by atoms with van der Waals surface area (Å²) in [6, 6.07) is 14.9. The van der Waals surface area contributed by atoms with Crippen molar-refractivity contribution >= 4 is 11.9 Å². The molecule has 3 rings (SSSR count). The van der Waals surface area contributed by atoms with Crippen LogP contribution in [0.1, 0.15) is 56.6 Å². The average molecular weight is 413 g/mol. The van der Waals surface area contributed by atoms with E-state index in [1.807, 2.05) is 48.5 Å². The van der Waals surface area contributed by atoms with E-state index in [0.29, 0.717) is 0 Å². The monoisotopic (exact) mass is 412 g/mol. The zero-order chi connectivity index (χ0) is 21.9. The van der Waals surface area contributed by atoms with Crippen molar-refractivity contribution in [3.8, 4) is 11.1 Å². The lowest BCUT2D eigenvalue weighted by Crippen LogP contribution is -2.20. The van der Waals surface area contributed by atoms with Gasteiger partial charge in [0, 0.05) is 0 Å². The molecule has 1 aliphatic rings. The molecule has 0 heterocycles. The second-order valence-electron chi connectivity index (χ2n) is 8.13. The Bertz CT molecular complexity index is 789. The summed E-state index contributed by atoms with van der Waals surface area (Å²) in [4.78, 5) is 21.8. The number of rotatable bonds is 7. The van der Waals surface area contributed by atoms with Crippen LogP contribution in [0.25, 0.3) is 11.1 Å². The van der Waals surface area contributed by atoms with E-state index in [9.17, 15) is 9.59 Å². The third kappa shape index (κ3) is 7.99. The quantitative estimate of drug-likeness (QED) is 0.584. The summed E-state index contributed by atoms with van der Waals surface area (Å²) in [7, 11) is 0. The van der Waals surface area contributed by atoms with Gasteiger partial charge in [-0.3, -0.25) is 9.59 Å². The highest BCUT2D eigenvalue weighted by Crippen LogP contribution is 2.23. The normalized spacial score (nSPS) is 15.0. The highest BCUT2D eigenvalue weighted by molar-refractivity contribution is 5.78. The van der Waals surface area contributed by atoms with Gasteiger partial charge in [0.2, 0.25) is 0 Å². The van der Waals surface area contributed by atoms with E-state index in [2.05, 4.69) is 6.92 Å². The van der Waals surface area contributed by atoms with Gasteiger partial charge < -0.3 is 15.3 Å². The second kappa shape index (κ2) is 12.1. The van der Waals surface area contributed by atoms with Crippen molar-refractivity contribution < 1.29 is 24.9 Å². The fourth-order valence-electron chi connectivity index (χ4n) is 3.68. The Hall–Kier alpha value is -2.66. The Kier molecular flexibility index (Phi) is 9.55. The topological polar surface area (TPSA) is 94.8 Å². The molecule has 1 atom stereocenters. The van der Waals surface area contributed by atoms with E-state index in [1.165, 1.54) is 32.1 Å². The van der Waals surface area contributed by atoms with Crippen LogP contribution >= 0.6 is 0 Å². The van der Waals surface area contributed by atoms with Crippen molar-refractivity contribution in [2.24, 2.45) is 11.8 Å². The molecule has 1 saturated carbocycles. The van der Waals surface area contributed by atoms with Crippen LogP contribution in [0.2, 0.25) is 0 Å². The fraction of sp³-hybridized carbons (Fsp3) is 0.440. The molecule has 0 aliphatic heterocycles. The van der Waals surface area contributed by atoms with Gasteiger partial charge in [0.05, 0.1) is 18.9 Å². The van der Waals surface area contributed by atoms with Crippen LogP contribution in [0, 0.1) is 11.8 Å². The lowest BCUT2D eigenvalue weighted by atomic mass is 9.91. The van der Waals surface area contributed by atoms with Crippen molar-refractivity contribution in [3.63, 3.8) is 0 Å². The minimum Gasteiger partial charge on any atom is -0.481 e. The van der Waals surface area contributed by atoms with Crippen molar-refractivity contribution in [2.45, 2.75) is 58.5 Å². The predicted octanol–water partition coefficient (Wildman–Crippen LogP) is 5.15. The van der Waals surface area contributed by atoms with Crippen molar-refractivity contribution in [2.75, 3.05) is 0 Å². The van der Waals surface area contributed by atoms with Gasteiger partial charge in [-0.05, 0) is 34.6 Å². The number of aliphatic carboxylic acids is 2. The van der Waals surface area contributed by atoms with Crippen LogP contribution in [0.15, 0.2) is 48.5 Å². The third-order valence-electron chi connectivity index (χ3n) is 5.57. The number of hydrogen-bond donors (Lipinski definition) is 3. The van der Waals surface area contributed by atoms with Crippen LogP contribution in [0.3, 0.4) is 0 Å². The molecule has 0 aromatic heterocycles. The zero-order valence-electron chi connectivity index (χ0n) is 17.6. The van der Waals surface area contributed by atoms with Gasteiger partial charge in [-0.25, -0.2) is 0 Å². The standard InChI is InChI=1S/C18H18O5.C7H14/c19-11-13-3-7-15(8-4-13)14-5-1-12(2-6-14)9-16(18(22)23)10-17(20)21;1-7-5-3-2-4-6-7/h1-8,16,19H,9-11H2,(H,20,21)(H,22,23);7H,2-6H2,1H3/t16-;/m0./s1. The summed E-state index contributed by atoms with van der Waals surface area (Å²) >= 11 is 0. The number of aliphatic hydroxyl groups is 1. The smallest absolute Gasteiger partial charge is 0.307 e. The van der Waals surface area contributed by atoms with Crippen molar-refractivity contribution in [3.05, 3.63) is 59.7 Å². The average Bonchev–Trinajstić information content (AvgIpc) is 2.74. The minimum absolute atomic E-state index is 0.000623. The summed E-state index contributed by atoms with van der Waals surface area (Å²) in [6.07, 6.45) is 7.23. The number of benzene rings is 2. The number of carbonyl (C=O) groups is 2. The molecule has 0 saturated heterocycles. The molecule has 5 heteroatoms. The van der Waals surface area contributed by atoms with E-state index in [-0.39, 0.29) is 19.4 Å². The summed E-state index contributed by atoms with van der Waals surface area (Å²) in [5.41, 5.74) is 3.59. The molecule has 0 bridgehead atoms. The molecule has 0 radical (unpaired) electrons. The predicted molar refractivity (Wildman–Crippen MR) is 117 cm³/mol. The third-order valence-corrected chi connectivity index (χ3v) is 5.57. The summed E-state index contributed by atoms with van der Waals surface area (Å²) in [5, 5.41) is 26.9. The van der Waals surface area contributed by atoms with Crippen LogP contribution < -0.4 is 0 Å². The molecule has 30 heavy (non-hydrogen) atoms. The van der Waals surface area contributed by atoms with Crippen molar-refractivity contribution in [1.82, 2.24) is 0 Å². The minimum atomic E-state index is -1.11. The Morgan fingerprint density at radius 3 is 1.73 bits per heavy atom. The first-order valence-electron chi connectivity index (χ1n) is 10.6. The molecule has 1 fully saturated rings. The lowest BCUT2D eigenvalue weighted by molar-refractivity contribution is -0.148. The number of aliphatic hydroxyl groups excluding tert-OH is 1. The molecule has 0 unspecified atom stereocenters. The molecule has 3 N–H and O–H groups in total. The van der Waals surface area contributed by atoms with Gasteiger partial charge in [0.1, 0.15) is 0 Å². The molecule has 2 aromatic carbocycles. The second-order valence-corrected chi connectivity index (χ2v) is 8.13. The molecule has 0 amide bonds. The molecule has 0 spiro atoms. The Labute approximate surface area is 178 Å². The van der Waals surface area contributed by atoms with Gasteiger partial charge >= 0.3 is 11.9 Å². The van der Waals surface area contributed by atoms with Gasteiger partial charge in [-0.15, -0.1) is 0 Å². The maximum Gasteiger partial charge on any atom is 0.307 e. The van der Waals surface area contributed by atoms with Crippen LogP contribution in [-0.4, -0.2) is 27.3 Å². The van der Waals surface area contributed by atoms with Gasteiger partial charge in [-0.1, -0.05) is 87.6 Å². The fourth-order valence-corrected chi connectivity index (χ4v) is 3.68. The Morgan fingerprint density at radius 2 is 1.37 bits per heavy atom. The van der Waals surface area contributed by atoms with Gasteiger partial charge in [0.15, 0.2) is 0 Å². The van der Waals surface area contributed by atoms with E-state index in [1.54, 1.807) is 0 Å². The Balaban J connectivity index is 0.000000386. The zero-order valence-corrected chi connectivity index (χ0v) is 17.6. The highest BCUT2D eigenvalue weighted by atomic mass is 16.4. The van der Waals surface area contributed by atoms with E-state index < -0.39 is 17.9 Å². The lowest BCUT2D eigenvalue weighted by Gasteiger charge is -2.15. The van der Waals surface area contributed by atoms with Crippen LogP contribution in [-0.2, 0) is 22.6 Å². The largest absolute Gasteiger partial charge is 0.481 e. The number of carboxylic acids is 2. The molecule has 162 valence electrons. The summed E-state index contributed by atoms with van der Waals surface area (Å²) < 4.78 is 0. The maximum atomic E-state index is 11.1. The number of carboxylic acid groups (broad SMARTS) is 2. The maximum absolute atomic E-state index is 11.1. The highest BCUT2D eigenvalue weighted by Gasteiger charge is 2.21. The van der Waals surface area contributed by atoms with Gasteiger partial charge in [0.25, 0.3) is 0 Å². The first-order chi connectivity index (χ1) is 14.4. The molecule has 5 nitrogen and oxygen atoms in total. The van der Waals surface area contributed by atoms with Crippen LogP contribution in [0.5, 0.6) is 0 Å². The Morgan fingerprint density at radius 1 is 0.867 bits per heavy atom. The van der Waals surface area contributed by atoms with E-state index in [4.69, 9.17) is 15.3 Å². The van der Waals surface area contributed by atoms with E-state index in [0.717, 1.165) is 28.2 Å². The van der Waals surface area contributed by atoms with Crippen LogP contribution in [0.4, 0.5) is 0 Å². The number of hydrogen-bond acceptors (Lipinski definition) is 3. The van der Waals surface area contributed by atoms with Gasteiger partial charge in [-0.2, -0.15) is 0 Å². The first-order valence-corrected chi connectivity index (χ1v) is 10.6. The molecular weight excluding hydrogens is 380 g/mol. The van der Waals surface area contributed by atoms with E-state index >= 15 is 0 Å². The summed E-state index contributed by atoms with van der Waals surface area (Å²) in [5.74, 6) is -2.11. The molecular formula is C25H32O5. The van der Waals surface area contributed by atoms with Crippen molar-refractivity contribution in [1.29, 1.82) is 0 Å². The SMILES string of the molecule is CC1CCCCC1.O=C(O)C[C@H](Cc1ccc(-c2ccc(CO)cc2)cc1)C(=O)O. The first kappa shape index (κ1) is 23.6. The molecule has 2 aromatic rings. The molecule has 1 aliphatic carbocycles. The summed E-state index contributed by atoms with van der Waals surface area (Å²) in [6.45, 7) is 2.36.